The number of rotatable bonds is 9. The molecule has 12 nitrogen and oxygen atoms in total. The molecule has 13 heteroatoms. The number of carbonyl (C=O) groups is 2. The Hall–Kier alpha value is -4.00. The lowest BCUT2D eigenvalue weighted by Gasteiger charge is -2.25. The van der Waals surface area contributed by atoms with Gasteiger partial charge in [-0.2, -0.15) is 9.61 Å². The SMILES string of the molecule is COCC1(CNC(=O)c2cnn3c(N(C)C(=O)OC(C)(C)C)cc(Nc4cccn(C5C[C@@H]5F)c4=O)nc23)CC1. The van der Waals surface area contributed by atoms with Crippen LogP contribution in [-0.2, 0) is 9.47 Å². The molecule has 0 spiro atoms. The predicted molar refractivity (Wildman–Crippen MR) is 146 cm³/mol. The van der Waals surface area contributed by atoms with Crippen LogP contribution in [-0.4, -0.2) is 70.2 Å². The summed E-state index contributed by atoms with van der Waals surface area (Å²) in [7, 11) is 3.15. The molecular formula is C27H34FN7O5. The monoisotopic (exact) mass is 555 g/mol. The highest BCUT2D eigenvalue weighted by atomic mass is 19.1. The van der Waals surface area contributed by atoms with E-state index in [1.807, 2.05) is 0 Å². The zero-order valence-electron chi connectivity index (χ0n) is 23.2. The van der Waals surface area contributed by atoms with Crippen molar-refractivity contribution in [3.05, 3.63) is 46.5 Å². The summed E-state index contributed by atoms with van der Waals surface area (Å²) in [6.45, 7) is 6.26. The fourth-order valence-electron chi connectivity index (χ4n) is 4.50. The maximum absolute atomic E-state index is 13.7. The molecule has 0 radical (unpaired) electrons. The van der Waals surface area contributed by atoms with Crippen LogP contribution >= 0.6 is 0 Å². The lowest BCUT2D eigenvalue weighted by Crippen LogP contribution is -2.35. The third-order valence-electron chi connectivity index (χ3n) is 7.02. The number of fused-ring (bicyclic) bond motifs is 1. The Balaban J connectivity index is 1.51. The molecular weight excluding hydrogens is 521 g/mol. The molecule has 2 aliphatic carbocycles. The van der Waals surface area contributed by atoms with Crippen LogP contribution in [0.2, 0.25) is 0 Å². The second kappa shape index (κ2) is 10.2. The molecule has 0 aliphatic heterocycles. The van der Waals surface area contributed by atoms with Crippen LogP contribution in [0.4, 0.5) is 26.5 Å². The molecule has 5 rings (SSSR count). The van der Waals surface area contributed by atoms with Crippen molar-refractivity contribution in [1.29, 1.82) is 0 Å². The second-order valence-electron chi connectivity index (χ2n) is 11.5. The molecule has 2 fully saturated rings. The smallest absolute Gasteiger partial charge is 0.415 e. The number of nitrogens with one attached hydrogen (secondary N) is 2. The van der Waals surface area contributed by atoms with E-state index < -0.39 is 29.5 Å². The highest BCUT2D eigenvalue weighted by molar-refractivity contribution is 6.00. The van der Waals surface area contributed by atoms with Crippen molar-refractivity contribution in [2.24, 2.45) is 5.41 Å². The molecule has 3 aromatic rings. The first-order chi connectivity index (χ1) is 18.9. The summed E-state index contributed by atoms with van der Waals surface area (Å²) >= 11 is 0. The lowest BCUT2D eigenvalue weighted by atomic mass is 10.1. The fraction of sp³-hybridized carbons (Fsp3) is 0.519. The number of nitrogens with zero attached hydrogens (tertiary/aromatic N) is 5. The summed E-state index contributed by atoms with van der Waals surface area (Å²) in [5.74, 6) is 0.0618. The van der Waals surface area contributed by atoms with Crippen LogP contribution in [0.25, 0.3) is 5.65 Å². The summed E-state index contributed by atoms with van der Waals surface area (Å²) in [5.41, 5.74) is -0.684. The molecule has 2 aliphatic rings. The van der Waals surface area contributed by atoms with E-state index in [9.17, 15) is 18.8 Å². The van der Waals surface area contributed by atoms with E-state index in [0.717, 1.165) is 12.8 Å². The van der Waals surface area contributed by atoms with Crippen LogP contribution in [0.15, 0.2) is 35.4 Å². The van der Waals surface area contributed by atoms with Gasteiger partial charge in [-0.15, -0.1) is 0 Å². The minimum Gasteiger partial charge on any atom is -0.443 e. The summed E-state index contributed by atoms with van der Waals surface area (Å²) < 4.78 is 27.2. The van der Waals surface area contributed by atoms with Gasteiger partial charge < -0.3 is 24.7 Å². The molecule has 2 amide bonds. The van der Waals surface area contributed by atoms with Crippen LogP contribution in [0.1, 0.15) is 56.4 Å². The van der Waals surface area contributed by atoms with Gasteiger partial charge in [0.25, 0.3) is 11.5 Å². The van der Waals surface area contributed by atoms with E-state index in [4.69, 9.17) is 9.47 Å². The van der Waals surface area contributed by atoms with Gasteiger partial charge in [0.2, 0.25) is 0 Å². The predicted octanol–water partition coefficient (Wildman–Crippen LogP) is 3.45. The first kappa shape index (κ1) is 27.6. The van der Waals surface area contributed by atoms with Crippen molar-refractivity contribution in [3.63, 3.8) is 0 Å². The Morgan fingerprint density at radius 2 is 2.02 bits per heavy atom. The van der Waals surface area contributed by atoms with Crippen LogP contribution in [0.5, 0.6) is 0 Å². The molecule has 2 atom stereocenters. The number of ether oxygens (including phenoxy) is 2. The van der Waals surface area contributed by atoms with Crippen molar-refractivity contribution in [3.8, 4) is 0 Å². The molecule has 0 bridgehead atoms. The standard InChI is InChI=1S/C27H34FN7O5/c1-26(2,3)40-25(38)33(4)21-12-20(31-18-7-6-10-34(24(18)37)19-11-17(19)28)32-22-16(13-30-35(21)22)23(36)29-14-27(8-9-27)15-39-5/h6-7,10,12-13,17,19H,8-9,11,14-15H2,1-5H3,(H,29,36)(H,31,32)/t17-,19?/m0/s1. The average molecular weight is 556 g/mol. The Kier molecular flexibility index (Phi) is 7.02. The number of hydrogen-bond acceptors (Lipinski definition) is 8. The molecule has 214 valence electrons. The second-order valence-corrected chi connectivity index (χ2v) is 11.5. The van der Waals surface area contributed by atoms with E-state index in [2.05, 4.69) is 20.7 Å². The van der Waals surface area contributed by atoms with Gasteiger partial charge in [0.15, 0.2) is 5.65 Å². The summed E-state index contributed by atoms with van der Waals surface area (Å²) in [4.78, 5) is 45.0. The number of methoxy groups -OCH3 is 1. The molecule has 40 heavy (non-hydrogen) atoms. The van der Waals surface area contributed by atoms with E-state index in [0.29, 0.717) is 19.6 Å². The maximum atomic E-state index is 13.7. The normalized spacial score (nSPS) is 19.2. The summed E-state index contributed by atoms with van der Waals surface area (Å²) in [5, 5.41) is 10.3. The van der Waals surface area contributed by atoms with Crippen molar-refractivity contribution in [1.82, 2.24) is 24.5 Å². The highest BCUT2D eigenvalue weighted by Gasteiger charge is 2.43. The number of aromatic nitrogens is 4. The third kappa shape index (κ3) is 5.64. The molecule has 2 N–H and O–H groups in total. The molecule has 0 aromatic carbocycles. The first-order valence-corrected chi connectivity index (χ1v) is 13.2. The fourth-order valence-corrected chi connectivity index (χ4v) is 4.50. The topological polar surface area (TPSA) is 132 Å². The quantitative estimate of drug-likeness (QED) is 0.410. The molecule has 1 unspecified atom stereocenters. The van der Waals surface area contributed by atoms with Gasteiger partial charge in [0.1, 0.15) is 34.7 Å². The van der Waals surface area contributed by atoms with E-state index in [-0.39, 0.29) is 39.9 Å². The van der Waals surface area contributed by atoms with Gasteiger partial charge in [-0.1, -0.05) is 0 Å². The number of carbonyl (C=O) groups excluding carboxylic acids is 2. The van der Waals surface area contributed by atoms with E-state index >= 15 is 0 Å². The zero-order chi connectivity index (χ0) is 28.8. The largest absolute Gasteiger partial charge is 0.443 e. The van der Waals surface area contributed by atoms with Gasteiger partial charge in [-0.05, 0) is 45.7 Å². The number of pyridine rings is 1. The third-order valence-corrected chi connectivity index (χ3v) is 7.02. The number of alkyl halides is 1. The summed E-state index contributed by atoms with van der Waals surface area (Å²) in [6, 6.07) is 4.24. The van der Waals surface area contributed by atoms with Gasteiger partial charge in [-0.25, -0.2) is 14.2 Å². The van der Waals surface area contributed by atoms with Crippen LogP contribution in [0, 0.1) is 5.41 Å². The average Bonchev–Trinajstić information content (AvgIpc) is 3.78. The Labute approximate surface area is 230 Å². The maximum Gasteiger partial charge on any atom is 0.415 e. The van der Waals surface area contributed by atoms with Gasteiger partial charge in [0.05, 0.1) is 18.8 Å². The number of amides is 2. The van der Waals surface area contributed by atoms with Crippen LogP contribution in [0.3, 0.4) is 0 Å². The molecule has 0 saturated heterocycles. The van der Waals surface area contributed by atoms with E-state index in [1.54, 1.807) is 46.2 Å². The lowest BCUT2D eigenvalue weighted by molar-refractivity contribution is 0.0587. The van der Waals surface area contributed by atoms with Gasteiger partial charge >= 0.3 is 6.09 Å². The molecule has 3 heterocycles. The Morgan fingerprint density at radius 3 is 2.65 bits per heavy atom. The van der Waals surface area contributed by atoms with Crippen molar-refractivity contribution >= 4 is 35.0 Å². The van der Waals surface area contributed by atoms with Crippen LogP contribution < -0.4 is 21.1 Å². The zero-order valence-corrected chi connectivity index (χ0v) is 23.2. The van der Waals surface area contributed by atoms with Crippen molar-refractivity contribution in [2.75, 3.05) is 37.5 Å². The minimum atomic E-state index is -1.05. The molecule has 3 aromatic heterocycles. The number of halogens is 1. The van der Waals surface area contributed by atoms with Gasteiger partial charge in [-0.3, -0.25) is 14.5 Å². The van der Waals surface area contributed by atoms with Crippen molar-refractivity contribution in [2.45, 2.75) is 57.8 Å². The number of hydrogen-bond donors (Lipinski definition) is 2. The minimum absolute atomic E-state index is 0.0665. The number of anilines is 3. The Bertz CT molecular complexity index is 1510. The first-order valence-electron chi connectivity index (χ1n) is 13.2. The van der Waals surface area contributed by atoms with E-state index in [1.165, 1.54) is 33.3 Å². The van der Waals surface area contributed by atoms with Crippen molar-refractivity contribution < 1.29 is 23.5 Å². The highest BCUT2D eigenvalue weighted by Crippen LogP contribution is 2.45. The summed E-state index contributed by atoms with van der Waals surface area (Å²) in [6.07, 6.45) is 3.45. The molecule has 2 saturated carbocycles. The van der Waals surface area contributed by atoms with Gasteiger partial charge in [0, 0.05) is 44.8 Å². The Morgan fingerprint density at radius 1 is 1.30 bits per heavy atom.